The predicted molar refractivity (Wildman–Crippen MR) is 67.3 cm³/mol. The average molecular weight is 248 g/mol. The summed E-state index contributed by atoms with van der Waals surface area (Å²) >= 11 is 0. The lowest BCUT2D eigenvalue weighted by Crippen LogP contribution is -2.04. The first kappa shape index (κ1) is 11.4. The number of benzene rings is 1. The maximum atomic E-state index is 13.7. The van der Waals surface area contributed by atoms with Gasteiger partial charge in [0.15, 0.2) is 5.82 Å². The molecule has 1 aromatic carbocycles. The summed E-state index contributed by atoms with van der Waals surface area (Å²) in [6.07, 6.45) is 4.91. The lowest BCUT2D eigenvalue weighted by Gasteiger charge is -2.12. The Labute approximate surface area is 104 Å². The minimum Gasteiger partial charge on any atom is -0.398 e. The quantitative estimate of drug-likeness (QED) is 0.726. The molecule has 1 aliphatic carbocycles. The summed E-state index contributed by atoms with van der Waals surface area (Å²) in [5.41, 5.74) is 8.61. The summed E-state index contributed by atoms with van der Waals surface area (Å²) in [6, 6.07) is 2.13. The molecule has 0 amide bonds. The Morgan fingerprint density at radius 1 is 1.06 bits per heavy atom. The minimum absolute atomic E-state index is 0.189. The van der Waals surface area contributed by atoms with E-state index in [1.165, 1.54) is 6.07 Å². The largest absolute Gasteiger partial charge is 0.398 e. The van der Waals surface area contributed by atoms with E-state index >= 15 is 0 Å². The molecule has 2 N–H and O–H groups in total. The molecule has 0 spiro atoms. The Bertz CT molecular complexity index is 623. The zero-order chi connectivity index (χ0) is 12.7. The first-order valence-corrected chi connectivity index (χ1v) is 6.23. The highest BCUT2D eigenvalue weighted by molar-refractivity contribution is 5.92. The van der Waals surface area contributed by atoms with Crippen LogP contribution in [0.15, 0.2) is 12.1 Å². The number of halogens is 2. The van der Waals surface area contributed by atoms with Crippen molar-refractivity contribution in [3.05, 3.63) is 35.0 Å². The van der Waals surface area contributed by atoms with Crippen LogP contribution in [-0.2, 0) is 12.8 Å². The van der Waals surface area contributed by atoms with Crippen molar-refractivity contribution in [1.29, 1.82) is 0 Å². The second-order valence-electron chi connectivity index (χ2n) is 4.80. The number of pyridine rings is 1. The number of fused-ring (bicyclic) bond motifs is 2. The highest BCUT2D eigenvalue weighted by Crippen LogP contribution is 2.31. The van der Waals surface area contributed by atoms with E-state index in [-0.39, 0.29) is 5.52 Å². The molecule has 4 heteroatoms. The van der Waals surface area contributed by atoms with E-state index in [4.69, 9.17) is 5.73 Å². The number of aryl methyl sites for hydroxylation is 1. The molecular formula is C14H14F2N2. The number of nitrogens with zero attached hydrogens (tertiary/aromatic N) is 1. The fraction of sp³-hybridized carbons (Fsp3) is 0.357. The first-order valence-electron chi connectivity index (χ1n) is 6.23. The van der Waals surface area contributed by atoms with E-state index < -0.39 is 11.6 Å². The minimum atomic E-state index is -0.635. The average Bonchev–Trinajstić information content (AvgIpc) is 2.56. The van der Waals surface area contributed by atoms with Crippen LogP contribution in [0.3, 0.4) is 0 Å². The Morgan fingerprint density at radius 3 is 2.67 bits per heavy atom. The lowest BCUT2D eigenvalue weighted by molar-refractivity contribution is 0.590. The van der Waals surface area contributed by atoms with Gasteiger partial charge in [0.2, 0.25) is 0 Å². The molecule has 0 unspecified atom stereocenters. The van der Waals surface area contributed by atoms with Gasteiger partial charge in [0.05, 0.1) is 0 Å². The van der Waals surface area contributed by atoms with E-state index in [1.54, 1.807) is 0 Å². The molecule has 0 aliphatic heterocycles. The smallest absolute Gasteiger partial charge is 0.152 e. The Kier molecular flexibility index (Phi) is 2.65. The number of nitrogens with two attached hydrogens (primary N) is 1. The molecule has 0 radical (unpaired) electrons. The van der Waals surface area contributed by atoms with Gasteiger partial charge in [0.1, 0.15) is 11.3 Å². The van der Waals surface area contributed by atoms with Gasteiger partial charge in [-0.05, 0) is 37.3 Å². The van der Waals surface area contributed by atoms with Crippen molar-refractivity contribution in [3.63, 3.8) is 0 Å². The third-order valence-electron chi connectivity index (χ3n) is 3.58. The number of nitrogen functional groups attached to an aromatic ring is 1. The van der Waals surface area contributed by atoms with Gasteiger partial charge < -0.3 is 5.73 Å². The van der Waals surface area contributed by atoms with Crippen LogP contribution in [0, 0.1) is 11.6 Å². The van der Waals surface area contributed by atoms with Gasteiger partial charge in [-0.1, -0.05) is 6.42 Å². The van der Waals surface area contributed by atoms with E-state index in [0.717, 1.165) is 49.4 Å². The van der Waals surface area contributed by atoms with Crippen LogP contribution in [0.2, 0.25) is 0 Å². The van der Waals surface area contributed by atoms with Crippen LogP contribution >= 0.6 is 0 Å². The van der Waals surface area contributed by atoms with Gasteiger partial charge in [-0.3, -0.25) is 0 Å². The third-order valence-corrected chi connectivity index (χ3v) is 3.58. The summed E-state index contributed by atoms with van der Waals surface area (Å²) in [7, 11) is 0. The lowest BCUT2D eigenvalue weighted by atomic mass is 10.0. The van der Waals surface area contributed by atoms with E-state index in [2.05, 4.69) is 4.98 Å². The summed E-state index contributed by atoms with van der Waals surface area (Å²) in [6.45, 7) is 0. The van der Waals surface area contributed by atoms with Gasteiger partial charge >= 0.3 is 0 Å². The summed E-state index contributed by atoms with van der Waals surface area (Å²) in [5.74, 6) is -1.24. The molecule has 3 rings (SSSR count). The number of anilines is 1. The summed E-state index contributed by atoms with van der Waals surface area (Å²) in [5, 5.41) is 0.396. The van der Waals surface area contributed by atoms with Crippen molar-refractivity contribution < 1.29 is 8.78 Å². The van der Waals surface area contributed by atoms with Crippen LogP contribution in [-0.4, -0.2) is 4.98 Å². The molecule has 0 atom stereocenters. The third kappa shape index (κ3) is 1.72. The maximum Gasteiger partial charge on any atom is 0.152 e. The Morgan fingerprint density at radius 2 is 1.83 bits per heavy atom. The van der Waals surface area contributed by atoms with E-state index in [0.29, 0.717) is 11.1 Å². The first-order chi connectivity index (χ1) is 8.66. The fourth-order valence-electron chi connectivity index (χ4n) is 2.66. The van der Waals surface area contributed by atoms with Gasteiger partial charge in [0.25, 0.3) is 0 Å². The van der Waals surface area contributed by atoms with Crippen molar-refractivity contribution >= 4 is 16.6 Å². The molecule has 2 nitrogen and oxygen atoms in total. The molecular weight excluding hydrogens is 234 g/mol. The van der Waals surface area contributed by atoms with Crippen molar-refractivity contribution in [1.82, 2.24) is 4.98 Å². The molecule has 1 aliphatic rings. The van der Waals surface area contributed by atoms with E-state index in [1.807, 2.05) is 0 Å². The van der Waals surface area contributed by atoms with E-state index in [9.17, 15) is 8.78 Å². The van der Waals surface area contributed by atoms with Crippen molar-refractivity contribution in [2.45, 2.75) is 32.1 Å². The molecule has 0 bridgehead atoms. The van der Waals surface area contributed by atoms with Crippen LogP contribution in [0.1, 0.15) is 30.5 Å². The topological polar surface area (TPSA) is 38.9 Å². The van der Waals surface area contributed by atoms with Gasteiger partial charge in [-0.25, -0.2) is 13.8 Å². The predicted octanol–water partition coefficient (Wildman–Crippen LogP) is 3.36. The zero-order valence-electron chi connectivity index (χ0n) is 9.97. The highest BCUT2D eigenvalue weighted by atomic mass is 19.1. The van der Waals surface area contributed by atoms with Gasteiger partial charge in [0, 0.05) is 22.8 Å². The number of aromatic nitrogens is 1. The highest BCUT2D eigenvalue weighted by Gasteiger charge is 2.17. The normalized spacial score (nSPS) is 15.4. The molecule has 1 heterocycles. The number of rotatable bonds is 0. The number of hydrogen-bond acceptors (Lipinski definition) is 2. The van der Waals surface area contributed by atoms with Crippen molar-refractivity contribution in [2.24, 2.45) is 0 Å². The standard InChI is InChI=1S/C14H14F2N2/c15-8-6-10-13(17)9-4-2-1-3-5-12(9)18-14(10)11(16)7-8/h6-7H,1-5H2,(H2,17,18). The fourth-order valence-corrected chi connectivity index (χ4v) is 2.66. The SMILES string of the molecule is Nc1c2c(nc3c(F)cc(F)cc13)CCCCC2. The molecule has 0 saturated heterocycles. The number of hydrogen-bond donors (Lipinski definition) is 1. The Balaban J connectivity index is 2.34. The van der Waals surface area contributed by atoms with Crippen LogP contribution < -0.4 is 5.73 Å². The van der Waals surface area contributed by atoms with Crippen LogP contribution in [0.25, 0.3) is 10.9 Å². The second kappa shape index (κ2) is 4.19. The molecule has 18 heavy (non-hydrogen) atoms. The zero-order valence-corrected chi connectivity index (χ0v) is 9.97. The maximum absolute atomic E-state index is 13.7. The van der Waals surface area contributed by atoms with Gasteiger partial charge in [-0.15, -0.1) is 0 Å². The molecule has 2 aromatic rings. The Hall–Kier alpha value is -1.71. The van der Waals surface area contributed by atoms with Crippen LogP contribution in [0.4, 0.5) is 14.5 Å². The molecule has 94 valence electrons. The second-order valence-corrected chi connectivity index (χ2v) is 4.80. The summed E-state index contributed by atoms with van der Waals surface area (Å²) in [4.78, 5) is 4.36. The van der Waals surface area contributed by atoms with Gasteiger partial charge in [-0.2, -0.15) is 0 Å². The molecule has 1 aromatic heterocycles. The molecule has 0 saturated carbocycles. The van der Waals surface area contributed by atoms with Crippen molar-refractivity contribution in [2.75, 3.05) is 5.73 Å². The van der Waals surface area contributed by atoms with Crippen LogP contribution in [0.5, 0.6) is 0 Å². The summed E-state index contributed by atoms with van der Waals surface area (Å²) < 4.78 is 27.0. The monoisotopic (exact) mass is 248 g/mol. The molecule has 0 fully saturated rings. The van der Waals surface area contributed by atoms with Crippen molar-refractivity contribution in [3.8, 4) is 0 Å².